The highest BCUT2D eigenvalue weighted by atomic mass is 16.3. The van der Waals surface area contributed by atoms with Crippen LogP contribution in [-0.4, -0.2) is 18.0 Å². The molecule has 1 aliphatic carbocycles. The number of hydrogen-bond donors (Lipinski definition) is 2. The summed E-state index contributed by atoms with van der Waals surface area (Å²) in [5, 5.41) is 3.36. The molecule has 5 heteroatoms. The third-order valence-corrected chi connectivity index (χ3v) is 3.99. The third kappa shape index (κ3) is 2.83. The first kappa shape index (κ1) is 13.8. The lowest BCUT2D eigenvalue weighted by Crippen LogP contribution is -2.49. The zero-order valence-corrected chi connectivity index (χ0v) is 11.7. The summed E-state index contributed by atoms with van der Waals surface area (Å²) in [6.45, 7) is 0. The highest BCUT2D eigenvalue weighted by molar-refractivity contribution is 5.93. The SMILES string of the molecule is NC1CCCCC1NC(=O)c1cc(=O)c2ccccc2o1. The maximum absolute atomic E-state index is 12.3. The van der Waals surface area contributed by atoms with Gasteiger partial charge in [-0.2, -0.15) is 0 Å². The molecule has 21 heavy (non-hydrogen) atoms. The molecule has 1 aromatic heterocycles. The van der Waals surface area contributed by atoms with Crippen molar-refractivity contribution in [3.8, 4) is 0 Å². The van der Waals surface area contributed by atoms with Crippen LogP contribution >= 0.6 is 0 Å². The number of para-hydroxylation sites is 1. The standard InChI is InChI=1S/C16H18N2O3/c17-11-6-2-3-7-12(11)18-16(20)15-9-13(19)10-5-1-4-8-14(10)21-15/h1,4-5,8-9,11-12H,2-3,6-7,17H2,(H,18,20). The second kappa shape index (κ2) is 5.69. The second-order valence-electron chi connectivity index (χ2n) is 5.50. The van der Waals surface area contributed by atoms with Gasteiger partial charge in [-0.05, 0) is 25.0 Å². The van der Waals surface area contributed by atoms with Gasteiger partial charge < -0.3 is 15.5 Å². The molecule has 0 aliphatic heterocycles. The molecular formula is C16H18N2O3. The van der Waals surface area contributed by atoms with Crippen LogP contribution in [0.25, 0.3) is 11.0 Å². The minimum atomic E-state index is -0.375. The summed E-state index contributed by atoms with van der Waals surface area (Å²) in [5.74, 6) is -0.336. The predicted molar refractivity (Wildman–Crippen MR) is 80.2 cm³/mol. The number of amides is 1. The van der Waals surface area contributed by atoms with Crippen LogP contribution in [0.5, 0.6) is 0 Å². The largest absolute Gasteiger partial charge is 0.451 e. The maximum Gasteiger partial charge on any atom is 0.287 e. The molecule has 0 spiro atoms. The smallest absolute Gasteiger partial charge is 0.287 e. The van der Waals surface area contributed by atoms with Crippen molar-refractivity contribution >= 4 is 16.9 Å². The Morgan fingerprint density at radius 3 is 2.81 bits per heavy atom. The van der Waals surface area contributed by atoms with Crippen LogP contribution in [0.4, 0.5) is 0 Å². The van der Waals surface area contributed by atoms with E-state index in [1.165, 1.54) is 6.07 Å². The Bertz CT molecular complexity index is 723. The number of benzene rings is 1. The summed E-state index contributed by atoms with van der Waals surface area (Å²) in [7, 11) is 0. The first-order valence-electron chi connectivity index (χ1n) is 7.24. The quantitative estimate of drug-likeness (QED) is 0.881. The monoisotopic (exact) mass is 286 g/mol. The Balaban J connectivity index is 1.86. The molecule has 3 N–H and O–H groups in total. The minimum Gasteiger partial charge on any atom is -0.451 e. The van der Waals surface area contributed by atoms with Crippen LogP contribution < -0.4 is 16.5 Å². The Morgan fingerprint density at radius 1 is 1.24 bits per heavy atom. The lowest BCUT2D eigenvalue weighted by atomic mass is 9.91. The van der Waals surface area contributed by atoms with E-state index in [9.17, 15) is 9.59 Å². The highest BCUT2D eigenvalue weighted by Crippen LogP contribution is 2.18. The van der Waals surface area contributed by atoms with Crippen molar-refractivity contribution < 1.29 is 9.21 Å². The van der Waals surface area contributed by atoms with Gasteiger partial charge in [0.05, 0.1) is 5.39 Å². The molecule has 2 unspecified atom stereocenters. The minimum absolute atomic E-state index is 0.0325. The molecule has 1 amide bonds. The molecule has 1 aromatic carbocycles. The van der Waals surface area contributed by atoms with Crippen LogP contribution in [0, 0.1) is 0 Å². The van der Waals surface area contributed by atoms with Gasteiger partial charge in [-0.1, -0.05) is 25.0 Å². The molecule has 1 fully saturated rings. The van der Waals surface area contributed by atoms with Gasteiger partial charge in [0, 0.05) is 18.2 Å². The number of fused-ring (bicyclic) bond motifs is 1. The van der Waals surface area contributed by atoms with Crippen molar-refractivity contribution in [2.75, 3.05) is 0 Å². The number of nitrogens with two attached hydrogens (primary N) is 1. The van der Waals surface area contributed by atoms with E-state index in [2.05, 4.69) is 5.32 Å². The van der Waals surface area contributed by atoms with E-state index in [0.29, 0.717) is 11.0 Å². The van der Waals surface area contributed by atoms with Crippen LogP contribution in [0.3, 0.4) is 0 Å². The van der Waals surface area contributed by atoms with Gasteiger partial charge >= 0.3 is 0 Å². The summed E-state index contributed by atoms with van der Waals surface area (Å²) >= 11 is 0. The molecule has 1 saturated carbocycles. The van der Waals surface area contributed by atoms with Crippen molar-refractivity contribution in [1.82, 2.24) is 5.32 Å². The maximum atomic E-state index is 12.3. The van der Waals surface area contributed by atoms with Crippen molar-refractivity contribution in [1.29, 1.82) is 0 Å². The Hall–Kier alpha value is -2.14. The summed E-state index contributed by atoms with van der Waals surface area (Å²) in [4.78, 5) is 24.3. The zero-order valence-electron chi connectivity index (χ0n) is 11.7. The summed E-state index contributed by atoms with van der Waals surface area (Å²) < 4.78 is 5.53. The average Bonchev–Trinajstić information content (AvgIpc) is 2.49. The number of hydrogen-bond acceptors (Lipinski definition) is 4. The van der Waals surface area contributed by atoms with Gasteiger partial charge in [-0.3, -0.25) is 9.59 Å². The van der Waals surface area contributed by atoms with Crippen molar-refractivity contribution in [3.05, 3.63) is 46.3 Å². The van der Waals surface area contributed by atoms with E-state index >= 15 is 0 Å². The van der Waals surface area contributed by atoms with Crippen LogP contribution in [0.15, 0.2) is 39.5 Å². The first-order valence-corrected chi connectivity index (χ1v) is 7.24. The third-order valence-electron chi connectivity index (χ3n) is 3.99. The van der Waals surface area contributed by atoms with Crippen LogP contribution in [0.1, 0.15) is 36.2 Å². The summed E-state index contributed by atoms with van der Waals surface area (Å²) in [5.41, 5.74) is 6.23. The van der Waals surface area contributed by atoms with Crippen LogP contribution in [0.2, 0.25) is 0 Å². The van der Waals surface area contributed by atoms with E-state index < -0.39 is 0 Å². The van der Waals surface area contributed by atoms with Crippen molar-refractivity contribution in [2.45, 2.75) is 37.8 Å². The van der Waals surface area contributed by atoms with Gasteiger partial charge in [-0.25, -0.2) is 0 Å². The van der Waals surface area contributed by atoms with E-state index in [1.807, 2.05) is 0 Å². The molecule has 0 radical (unpaired) electrons. The van der Waals surface area contributed by atoms with Crippen LogP contribution in [-0.2, 0) is 0 Å². The number of nitrogens with one attached hydrogen (secondary N) is 1. The molecule has 1 heterocycles. The highest BCUT2D eigenvalue weighted by Gasteiger charge is 2.24. The van der Waals surface area contributed by atoms with Gasteiger partial charge in [-0.15, -0.1) is 0 Å². The fourth-order valence-corrected chi connectivity index (χ4v) is 2.79. The van der Waals surface area contributed by atoms with E-state index in [4.69, 9.17) is 10.2 Å². The number of rotatable bonds is 2. The molecule has 1 aliphatic rings. The number of carbonyl (C=O) groups excluding carboxylic acids is 1. The van der Waals surface area contributed by atoms with Gasteiger partial charge in [0.25, 0.3) is 5.91 Å². The topological polar surface area (TPSA) is 85.3 Å². The molecule has 0 saturated heterocycles. The van der Waals surface area contributed by atoms with Gasteiger partial charge in [0.2, 0.25) is 0 Å². The van der Waals surface area contributed by atoms with Crippen molar-refractivity contribution in [3.63, 3.8) is 0 Å². The normalized spacial score (nSPS) is 22.1. The molecule has 2 atom stereocenters. The molecule has 110 valence electrons. The fraction of sp³-hybridized carbons (Fsp3) is 0.375. The van der Waals surface area contributed by atoms with Gasteiger partial charge in [0.1, 0.15) is 5.58 Å². The van der Waals surface area contributed by atoms with E-state index in [-0.39, 0.29) is 29.2 Å². The predicted octanol–water partition coefficient (Wildman–Crippen LogP) is 1.79. The zero-order chi connectivity index (χ0) is 14.8. The molecule has 3 rings (SSSR count). The Kier molecular flexibility index (Phi) is 3.75. The fourth-order valence-electron chi connectivity index (χ4n) is 2.79. The molecular weight excluding hydrogens is 268 g/mol. The second-order valence-corrected chi connectivity index (χ2v) is 5.50. The van der Waals surface area contributed by atoms with Crippen molar-refractivity contribution in [2.24, 2.45) is 5.73 Å². The van der Waals surface area contributed by atoms with E-state index in [1.54, 1.807) is 24.3 Å². The Morgan fingerprint density at radius 2 is 2.00 bits per heavy atom. The lowest BCUT2D eigenvalue weighted by molar-refractivity contribution is 0.0893. The summed E-state index contributed by atoms with van der Waals surface area (Å²) in [6, 6.07) is 8.05. The average molecular weight is 286 g/mol. The molecule has 2 aromatic rings. The lowest BCUT2D eigenvalue weighted by Gasteiger charge is -2.29. The van der Waals surface area contributed by atoms with Gasteiger partial charge in [0.15, 0.2) is 11.2 Å². The Labute approximate surface area is 122 Å². The van der Waals surface area contributed by atoms with E-state index in [0.717, 1.165) is 25.7 Å². The number of carbonyl (C=O) groups is 1. The first-order chi connectivity index (χ1) is 10.1. The summed E-state index contributed by atoms with van der Waals surface area (Å²) in [6.07, 6.45) is 3.93. The molecule has 0 bridgehead atoms. The molecule has 5 nitrogen and oxygen atoms in total.